The summed E-state index contributed by atoms with van der Waals surface area (Å²) in [6.45, 7) is 7.65. The van der Waals surface area contributed by atoms with Crippen molar-refractivity contribution in [1.29, 1.82) is 0 Å². The second kappa shape index (κ2) is 4.13. The fourth-order valence-electron chi connectivity index (χ4n) is 0.511. The Bertz CT molecular complexity index is 71.3. The van der Waals surface area contributed by atoms with Crippen LogP contribution in [0, 0.1) is 5.41 Å². The van der Waals surface area contributed by atoms with Gasteiger partial charge in [-0.2, -0.15) is 0 Å². The van der Waals surface area contributed by atoms with E-state index in [1.807, 2.05) is 0 Å². The van der Waals surface area contributed by atoms with Crippen LogP contribution in [0.3, 0.4) is 0 Å². The van der Waals surface area contributed by atoms with Crippen molar-refractivity contribution in [1.82, 2.24) is 5.32 Å². The smallest absolute Gasteiger partial charge is 0.0713 e. The van der Waals surface area contributed by atoms with E-state index in [-0.39, 0.29) is 0 Å². The molecule has 2 heteroatoms. The van der Waals surface area contributed by atoms with E-state index in [0.29, 0.717) is 11.4 Å². The Labute approximate surface area is 62.8 Å². The fraction of sp³-hybridized carbons (Fsp3) is 1.00. The first kappa shape index (κ1) is 9.25. The van der Waals surface area contributed by atoms with E-state index in [4.69, 9.17) is 11.6 Å². The van der Waals surface area contributed by atoms with E-state index in [9.17, 15) is 0 Å². The van der Waals surface area contributed by atoms with Crippen molar-refractivity contribution in [2.24, 2.45) is 5.41 Å². The molecule has 0 bridgehead atoms. The van der Waals surface area contributed by atoms with Crippen molar-refractivity contribution < 1.29 is 0 Å². The summed E-state index contributed by atoms with van der Waals surface area (Å²) in [5.41, 5.74) is 0.398. The van der Waals surface area contributed by atoms with Crippen LogP contribution in [0.1, 0.15) is 27.2 Å². The molecule has 0 amide bonds. The third-order valence-electron chi connectivity index (χ3n) is 1.66. The quantitative estimate of drug-likeness (QED) is 0.478. The predicted octanol–water partition coefficient (Wildman–Crippen LogP) is 2.21. The predicted molar refractivity (Wildman–Crippen MR) is 42.8 cm³/mol. The molecule has 0 saturated heterocycles. The van der Waals surface area contributed by atoms with Gasteiger partial charge in [-0.3, -0.25) is 0 Å². The third-order valence-corrected chi connectivity index (χ3v) is 1.84. The molecular weight excluding hydrogens is 134 g/mol. The number of halogens is 1. The van der Waals surface area contributed by atoms with Gasteiger partial charge >= 0.3 is 0 Å². The van der Waals surface area contributed by atoms with Gasteiger partial charge < -0.3 is 5.32 Å². The van der Waals surface area contributed by atoms with Gasteiger partial charge in [0.25, 0.3) is 0 Å². The van der Waals surface area contributed by atoms with E-state index in [1.165, 1.54) is 6.42 Å². The van der Waals surface area contributed by atoms with Crippen LogP contribution < -0.4 is 5.32 Å². The molecule has 9 heavy (non-hydrogen) atoms. The maximum atomic E-state index is 5.45. The normalized spacial score (nSPS) is 12.0. The van der Waals surface area contributed by atoms with Crippen molar-refractivity contribution in [2.45, 2.75) is 27.2 Å². The Morgan fingerprint density at radius 3 is 2.33 bits per heavy atom. The lowest BCUT2D eigenvalue weighted by atomic mass is 9.90. The highest BCUT2D eigenvalue weighted by Gasteiger charge is 2.12. The lowest BCUT2D eigenvalue weighted by Gasteiger charge is -2.21. The molecule has 0 fully saturated rings. The summed E-state index contributed by atoms with van der Waals surface area (Å²) >= 11 is 5.45. The van der Waals surface area contributed by atoms with Gasteiger partial charge in [-0.15, -0.1) is 11.6 Å². The fourth-order valence-corrected chi connectivity index (χ4v) is 0.605. The molecule has 1 N–H and O–H groups in total. The summed E-state index contributed by atoms with van der Waals surface area (Å²) in [4.78, 5) is 0. The standard InChI is InChI=1S/C7H16ClN/c1-4-7(2,3)5-9-6-8/h9H,4-6H2,1-3H3. The minimum atomic E-state index is 0.398. The Morgan fingerprint density at radius 1 is 1.44 bits per heavy atom. The minimum absolute atomic E-state index is 0.398. The van der Waals surface area contributed by atoms with E-state index >= 15 is 0 Å². The lowest BCUT2D eigenvalue weighted by molar-refractivity contribution is 0.337. The zero-order chi connectivity index (χ0) is 7.33. The number of alkyl halides is 1. The number of hydrogen-bond donors (Lipinski definition) is 1. The first-order chi connectivity index (χ1) is 4.12. The molecule has 0 unspecified atom stereocenters. The van der Waals surface area contributed by atoms with Crippen LogP contribution in [-0.4, -0.2) is 12.5 Å². The van der Waals surface area contributed by atoms with Gasteiger partial charge in [-0.05, 0) is 11.8 Å². The molecule has 0 atom stereocenters. The molecule has 56 valence electrons. The Balaban J connectivity index is 3.33. The van der Waals surface area contributed by atoms with Crippen molar-refractivity contribution in [2.75, 3.05) is 12.5 Å². The summed E-state index contributed by atoms with van der Waals surface area (Å²) < 4.78 is 0. The number of rotatable bonds is 4. The van der Waals surface area contributed by atoms with Gasteiger partial charge in [0.05, 0.1) is 6.00 Å². The number of hydrogen-bond acceptors (Lipinski definition) is 1. The molecule has 0 saturated carbocycles. The van der Waals surface area contributed by atoms with Crippen LogP contribution in [0.5, 0.6) is 0 Å². The largest absolute Gasteiger partial charge is 0.303 e. The van der Waals surface area contributed by atoms with E-state index < -0.39 is 0 Å². The van der Waals surface area contributed by atoms with Crippen LogP contribution in [0.15, 0.2) is 0 Å². The second-order valence-corrected chi connectivity index (χ2v) is 3.35. The first-order valence-electron chi connectivity index (χ1n) is 3.39. The average Bonchev–Trinajstić information content (AvgIpc) is 1.84. The Kier molecular flexibility index (Phi) is 4.24. The molecule has 0 aliphatic carbocycles. The van der Waals surface area contributed by atoms with Gasteiger partial charge in [-0.1, -0.05) is 20.8 Å². The molecule has 0 heterocycles. The molecule has 0 aromatic heterocycles. The molecule has 0 aliphatic heterocycles. The topological polar surface area (TPSA) is 12.0 Å². The maximum absolute atomic E-state index is 5.45. The monoisotopic (exact) mass is 149 g/mol. The molecule has 0 aromatic carbocycles. The highest BCUT2D eigenvalue weighted by atomic mass is 35.5. The second-order valence-electron chi connectivity index (χ2n) is 3.08. The highest BCUT2D eigenvalue weighted by molar-refractivity contribution is 6.17. The summed E-state index contributed by atoms with van der Waals surface area (Å²) in [6.07, 6.45) is 1.19. The van der Waals surface area contributed by atoms with E-state index in [0.717, 1.165) is 6.54 Å². The molecule has 0 rings (SSSR count). The average molecular weight is 150 g/mol. The van der Waals surface area contributed by atoms with Crippen molar-refractivity contribution in [3.63, 3.8) is 0 Å². The van der Waals surface area contributed by atoms with Gasteiger partial charge in [0.2, 0.25) is 0 Å². The summed E-state index contributed by atoms with van der Waals surface area (Å²) in [5, 5.41) is 3.10. The highest BCUT2D eigenvalue weighted by Crippen LogP contribution is 2.17. The first-order valence-corrected chi connectivity index (χ1v) is 3.92. The van der Waals surface area contributed by atoms with Gasteiger partial charge in [0.15, 0.2) is 0 Å². The molecule has 1 nitrogen and oxygen atoms in total. The van der Waals surface area contributed by atoms with Gasteiger partial charge in [0, 0.05) is 6.54 Å². The van der Waals surface area contributed by atoms with Crippen LogP contribution in [0.2, 0.25) is 0 Å². The van der Waals surface area contributed by atoms with Crippen molar-refractivity contribution >= 4 is 11.6 Å². The zero-order valence-electron chi connectivity index (χ0n) is 6.50. The van der Waals surface area contributed by atoms with E-state index in [1.54, 1.807) is 0 Å². The maximum Gasteiger partial charge on any atom is 0.0713 e. The van der Waals surface area contributed by atoms with Crippen LogP contribution in [0.25, 0.3) is 0 Å². The Hall–Kier alpha value is 0.250. The van der Waals surface area contributed by atoms with Crippen molar-refractivity contribution in [3.05, 3.63) is 0 Å². The van der Waals surface area contributed by atoms with Crippen LogP contribution >= 0.6 is 11.6 Å². The third kappa shape index (κ3) is 4.73. The SMILES string of the molecule is CCC(C)(C)CNCCl. The van der Waals surface area contributed by atoms with Crippen LogP contribution in [0.4, 0.5) is 0 Å². The molecule has 0 aromatic rings. The molecular formula is C7H16ClN. The summed E-state index contributed by atoms with van der Waals surface area (Å²) in [5.74, 6) is 0. The zero-order valence-corrected chi connectivity index (χ0v) is 7.26. The van der Waals surface area contributed by atoms with Gasteiger partial charge in [0.1, 0.15) is 0 Å². The molecule has 0 spiro atoms. The molecule has 0 radical (unpaired) electrons. The molecule has 0 aliphatic rings. The number of nitrogens with one attached hydrogen (secondary N) is 1. The summed E-state index contributed by atoms with van der Waals surface area (Å²) in [6, 6.07) is 0.559. The van der Waals surface area contributed by atoms with Gasteiger partial charge in [-0.25, -0.2) is 0 Å². The summed E-state index contributed by atoms with van der Waals surface area (Å²) in [7, 11) is 0. The minimum Gasteiger partial charge on any atom is -0.303 e. The van der Waals surface area contributed by atoms with Crippen molar-refractivity contribution in [3.8, 4) is 0 Å². The van der Waals surface area contributed by atoms with Crippen LogP contribution in [-0.2, 0) is 0 Å². The lowest BCUT2D eigenvalue weighted by Crippen LogP contribution is -2.27. The Morgan fingerprint density at radius 2 is 2.00 bits per heavy atom. The van der Waals surface area contributed by atoms with E-state index in [2.05, 4.69) is 26.1 Å².